The van der Waals surface area contributed by atoms with Gasteiger partial charge in [-0.2, -0.15) is 0 Å². The summed E-state index contributed by atoms with van der Waals surface area (Å²) in [5.74, 6) is -2.27. The van der Waals surface area contributed by atoms with Gasteiger partial charge in [0.1, 0.15) is 6.04 Å². The topological polar surface area (TPSA) is 113 Å². The summed E-state index contributed by atoms with van der Waals surface area (Å²) >= 11 is 0. The van der Waals surface area contributed by atoms with Crippen molar-refractivity contribution in [3.63, 3.8) is 0 Å². The summed E-state index contributed by atoms with van der Waals surface area (Å²) in [5.41, 5.74) is 0.252. The minimum Gasteiger partial charge on any atom is -0.480 e. The van der Waals surface area contributed by atoms with Gasteiger partial charge in [0, 0.05) is 18.0 Å². The number of hydrogen-bond acceptors (Lipinski definition) is 5. The van der Waals surface area contributed by atoms with Gasteiger partial charge >= 0.3 is 5.97 Å². The average Bonchev–Trinajstić information content (AvgIpc) is 2.59. The first-order chi connectivity index (χ1) is 11.4. The zero-order valence-electron chi connectivity index (χ0n) is 12.6. The van der Waals surface area contributed by atoms with Gasteiger partial charge in [0.05, 0.1) is 10.6 Å². The van der Waals surface area contributed by atoms with Gasteiger partial charge < -0.3 is 10.4 Å². The lowest BCUT2D eigenvalue weighted by Gasteiger charge is -2.14. The first-order valence-corrected chi connectivity index (χ1v) is 8.77. The average molecular weight is 348 g/mol. The summed E-state index contributed by atoms with van der Waals surface area (Å²) in [6.45, 7) is 0. The predicted octanol–water partition coefficient (Wildman–Crippen LogP) is 1.13. The summed E-state index contributed by atoms with van der Waals surface area (Å²) in [6, 6.07) is 9.34. The maximum absolute atomic E-state index is 12.2. The minimum absolute atomic E-state index is 0.120. The van der Waals surface area contributed by atoms with E-state index in [4.69, 9.17) is 0 Å². The SMILES string of the molecule is O=C(N[C@@H](CCS(=O)(=O)c1ccccc1)C(=O)O)c1ccncc1. The molecule has 0 saturated carbocycles. The summed E-state index contributed by atoms with van der Waals surface area (Å²) < 4.78 is 24.4. The highest BCUT2D eigenvalue weighted by atomic mass is 32.2. The second kappa shape index (κ2) is 7.69. The fourth-order valence-electron chi connectivity index (χ4n) is 2.02. The lowest BCUT2D eigenvalue weighted by atomic mass is 10.2. The number of aliphatic carboxylic acids is 1. The molecule has 2 rings (SSSR count). The molecular weight excluding hydrogens is 332 g/mol. The molecule has 0 aliphatic rings. The number of rotatable bonds is 7. The van der Waals surface area contributed by atoms with Crippen molar-refractivity contribution in [2.45, 2.75) is 17.4 Å². The Hall–Kier alpha value is -2.74. The molecule has 24 heavy (non-hydrogen) atoms. The standard InChI is InChI=1S/C16H16N2O5S/c19-15(12-6-9-17-10-7-12)18-14(16(20)21)8-11-24(22,23)13-4-2-1-3-5-13/h1-7,9-10,14H,8,11H2,(H,18,19)(H,20,21)/t14-/m0/s1. The number of nitrogens with zero attached hydrogens (tertiary/aromatic N) is 1. The smallest absolute Gasteiger partial charge is 0.326 e. The van der Waals surface area contributed by atoms with Crippen molar-refractivity contribution in [1.82, 2.24) is 10.3 Å². The number of carboxylic acids is 1. The van der Waals surface area contributed by atoms with Gasteiger partial charge in [-0.05, 0) is 30.7 Å². The minimum atomic E-state index is -3.61. The summed E-state index contributed by atoms with van der Waals surface area (Å²) in [4.78, 5) is 27.2. The number of hydrogen-bond donors (Lipinski definition) is 2. The van der Waals surface area contributed by atoms with E-state index in [9.17, 15) is 23.1 Å². The Morgan fingerprint density at radius 1 is 1.08 bits per heavy atom. The molecule has 1 heterocycles. The summed E-state index contributed by atoms with van der Waals surface area (Å²) in [6.07, 6.45) is 2.58. The van der Waals surface area contributed by atoms with E-state index in [-0.39, 0.29) is 22.6 Å². The molecule has 7 nitrogen and oxygen atoms in total. The quantitative estimate of drug-likeness (QED) is 0.775. The molecule has 0 fully saturated rings. The number of carbonyl (C=O) groups excluding carboxylic acids is 1. The van der Waals surface area contributed by atoms with Gasteiger partial charge in [-0.1, -0.05) is 18.2 Å². The van der Waals surface area contributed by atoms with Crippen molar-refractivity contribution in [1.29, 1.82) is 0 Å². The fourth-order valence-corrected chi connectivity index (χ4v) is 3.37. The Bertz CT molecular complexity index is 807. The molecular formula is C16H16N2O5S. The highest BCUT2D eigenvalue weighted by Crippen LogP contribution is 2.12. The molecule has 0 spiro atoms. The number of amides is 1. The number of carbonyl (C=O) groups is 2. The lowest BCUT2D eigenvalue weighted by molar-refractivity contribution is -0.139. The molecule has 1 amide bonds. The second-order valence-corrected chi connectivity index (χ2v) is 7.13. The number of sulfone groups is 1. The molecule has 1 atom stereocenters. The number of pyridine rings is 1. The zero-order chi connectivity index (χ0) is 17.6. The van der Waals surface area contributed by atoms with Crippen LogP contribution in [-0.2, 0) is 14.6 Å². The van der Waals surface area contributed by atoms with Gasteiger partial charge in [0.15, 0.2) is 9.84 Å². The van der Waals surface area contributed by atoms with Crippen LogP contribution in [0.3, 0.4) is 0 Å². The van der Waals surface area contributed by atoms with E-state index < -0.39 is 27.8 Å². The molecule has 0 bridgehead atoms. The Labute approximate surface area is 139 Å². The van der Waals surface area contributed by atoms with Gasteiger partial charge in [0.25, 0.3) is 5.91 Å². The lowest BCUT2D eigenvalue weighted by Crippen LogP contribution is -2.41. The molecule has 2 N–H and O–H groups in total. The van der Waals surface area contributed by atoms with E-state index >= 15 is 0 Å². The Morgan fingerprint density at radius 2 is 1.71 bits per heavy atom. The highest BCUT2D eigenvalue weighted by molar-refractivity contribution is 7.91. The molecule has 0 aliphatic heterocycles. The Balaban J connectivity index is 2.04. The van der Waals surface area contributed by atoms with E-state index in [1.165, 1.54) is 36.7 Å². The van der Waals surface area contributed by atoms with Crippen LogP contribution in [0.4, 0.5) is 0 Å². The number of aromatic nitrogens is 1. The van der Waals surface area contributed by atoms with Crippen molar-refractivity contribution < 1.29 is 23.1 Å². The largest absolute Gasteiger partial charge is 0.480 e. The number of nitrogens with one attached hydrogen (secondary N) is 1. The van der Waals surface area contributed by atoms with Crippen LogP contribution in [0.5, 0.6) is 0 Å². The molecule has 0 unspecified atom stereocenters. The normalized spacial score (nSPS) is 12.3. The van der Waals surface area contributed by atoms with Crippen LogP contribution in [-0.4, -0.2) is 42.2 Å². The summed E-state index contributed by atoms with van der Waals surface area (Å²) in [5, 5.41) is 11.5. The highest BCUT2D eigenvalue weighted by Gasteiger charge is 2.24. The maximum atomic E-state index is 12.2. The Morgan fingerprint density at radius 3 is 2.29 bits per heavy atom. The van der Waals surface area contributed by atoms with Crippen LogP contribution < -0.4 is 5.32 Å². The predicted molar refractivity (Wildman–Crippen MR) is 86.2 cm³/mol. The molecule has 1 aromatic heterocycles. The molecule has 8 heteroatoms. The van der Waals surface area contributed by atoms with E-state index in [2.05, 4.69) is 10.3 Å². The van der Waals surface area contributed by atoms with Gasteiger partial charge in [0.2, 0.25) is 0 Å². The number of carboxylic acid groups (broad SMARTS) is 1. The van der Waals surface area contributed by atoms with Gasteiger partial charge in [-0.25, -0.2) is 13.2 Å². The Kier molecular flexibility index (Phi) is 5.64. The molecule has 126 valence electrons. The molecule has 0 saturated heterocycles. The zero-order valence-corrected chi connectivity index (χ0v) is 13.4. The van der Waals surface area contributed by atoms with Gasteiger partial charge in [-0.15, -0.1) is 0 Å². The molecule has 1 aromatic carbocycles. The van der Waals surface area contributed by atoms with Crippen LogP contribution in [0.15, 0.2) is 59.8 Å². The number of benzene rings is 1. The van der Waals surface area contributed by atoms with E-state index in [0.717, 1.165) is 0 Å². The van der Waals surface area contributed by atoms with Crippen molar-refractivity contribution in [3.8, 4) is 0 Å². The third-order valence-corrected chi connectivity index (χ3v) is 5.09. The van der Waals surface area contributed by atoms with E-state index in [0.29, 0.717) is 0 Å². The molecule has 0 aliphatic carbocycles. The van der Waals surface area contributed by atoms with Crippen molar-refractivity contribution in [2.75, 3.05) is 5.75 Å². The van der Waals surface area contributed by atoms with Crippen molar-refractivity contribution in [2.24, 2.45) is 0 Å². The fraction of sp³-hybridized carbons (Fsp3) is 0.188. The van der Waals surface area contributed by atoms with Crippen LogP contribution in [0.2, 0.25) is 0 Å². The molecule has 2 aromatic rings. The summed E-state index contributed by atoms with van der Waals surface area (Å²) in [7, 11) is -3.61. The van der Waals surface area contributed by atoms with E-state index in [1.807, 2.05) is 0 Å². The van der Waals surface area contributed by atoms with Crippen LogP contribution >= 0.6 is 0 Å². The monoisotopic (exact) mass is 348 g/mol. The third-order valence-electron chi connectivity index (χ3n) is 3.32. The first kappa shape index (κ1) is 17.6. The maximum Gasteiger partial charge on any atom is 0.326 e. The molecule has 0 radical (unpaired) electrons. The van der Waals surface area contributed by atoms with E-state index in [1.54, 1.807) is 18.2 Å². The first-order valence-electron chi connectivity index (χ1n) is 7.11. The van der Waals surface area contributed by atoms with Crippen molar-refractivity contribution in [3.05, 3.63) is 60.4 Å². The van der Waals surface area contributed by atoms with Crippen molar-refractivity contribution >= 4 is 21.7 Å². The van der Waals surface area contributed by atoms with Crippen LogP contribution in [0.25, 0.3) is 0 Å². The van der Waals surface area contributed by atoms with Crippen LogP contribution in [0, 0.1) is 0 Å². The van der Waals surface area contributed by atoms with Crippen LogP contribution in [0.1, 0.15) is 16.8 Å². The third kappa shape index (κ3) is 4.63. The van der Waals surface area contributed by atoms with Gasteiger partial charge in [-0.3, -0.25) is 9.78 Å². The second-order valence-electron chi connectivity index (χ2n) is 5.02.